The maximum absolute atomic E-state index is 13.7. The summed E-state index contributed by atoms with van der Waals surface area (Å²) in [6.07, 6.45) is 3.66. The van der Waals surface area contributed by atoms with Crippen LogP contribution in [0.5, 0.6) is 0 Å². The molecule has 9 heteroatoms. The zero-order valence-electron chi connectivity index (χ0n) is 19.3. The van der Waals surface area contributed by atoms with Crippen LogP contribution < -0.4 is 10.6 Å². The van der Waals surface area contributed by atoms with Crippen LogP contribution in [0.15, 0.2) is 18.2 Å². The van der Waals surface area contributed by atoms with Crippen molar-refractivity contribution >= 4 is 35.1 Å². The molecule has 3 amide bonds. The lowest BCUT2D eigenvalue weighted by Gasteiger charge is -2.27. The fraction of sp³-hybridized carbons (Fsp3) is 0.400. The number of piperidine rings is 1. The lowest BCUT2D eigenvalue weighted by Crippen LogP contribution is -2.40. The number of aromatic amines is 1. The number of likely N-dealkylation sites (tertiary alicyclic amines) is 1. The van der Waals surface area contributed by atoms with E-state index in [1.807, 2.05) is 0 Å². The summed E-state index contributed by atoms with van der Waals surface area (Å²) in [5.74, 6) is -1.28. The summed E-state index contributed by atoms with van der Waals surface area (Å²) in [5, 5.41) is 15.7. The molecule has 4 N–H and O–H groups in total. The molecular weight excluding hydrogens is 439 g/mol. The molecule has 2 aromatic rings. The number of anilines is 1. The van der Waals surface area contributed by atoms with Gasteiger partial charge in [-0.1, -0.05) is 0 Å². The monoisotopic (exact) mass is 468 g/mol. The van der Waals surface area contributed by atoms with Crippen LogP contribution >= 0.6 is 0 Å². The van der Waals surface area contributed by atoms with E-state index in [9.17, 15) is 23.9 Å². The number of carbonyl (C=O) groups excluding carboxylic acids is 3. The van der Waals surface area contributed by atoms with Crippen LogP contribution in [0, 0.1) is 19.7 Å². The molecular formula is C25H29FN4O4. The van der Waals surface area contributed by atoms with Gasteiger partial charge in [-0.2, -0.15) is 0 Å². The highest BCUT2D eigenvalue weighted by Crippen LogP contribution is 2.34. The topological polar surface area (TPSA) is 115 Å². The fourth-order valence-electron chi connectivity index (χ4n) is 4.55. The van der Waals surface area contributed by atoms with Crippen molar-refractivity contribution < 1.29 is 23.9 Å². The number of aromatic nitrogens is 1. The van der Waals surface area contributed by atoms with E-state index in [1.165, 1.54) is 18.2 Å². The van der Waals surface area contributed by atoms with Crippen molar-refractivity contribution in [3.05, 3.63) is 52.1 Å². The highest BCUT2D eigenvalue weighted by molar-refractivity contribution is 6.34. The lowest BCUT2D eigenvalue weighted by atomic mass is 10.0. The quantitative estimate of drug-likeness (QED) is 0.488. The zero-order chi connectivity index (χ0) is 24.4. The van der Waals surface area contributed by atoms with E-state index >= 15 is 0 Å². The molecule has 1 fully saturated rings. The van der Waals surface area contributed by atoms with Gasteiger partial charge in [0.1, 0.15) is 5.82 Å². The Labute approximate surface area is 197 Å². The minimum absolute atomic E-state index is 0.0339. The molecule has 4 rings (SSSR count). The molecule has 0 aliphatic carbocycles. The number of H-pyrrole nitrogens is 1. The first kappa shape index (κ1) is 23.7. The standard InChI is InChI=1S/C25H29FN4O4/c1-14-21(12-19-18-10-16(26)6-7-20(18)29-24(19)33)28-15(2)23(14)25(34)27-13-17(31)11-22(32)30-8-4-3-5-9-30/h6-7,10,12,17,28,31H,3-5,8-9,11,13H2,1-2H3,(H,27,34)(H,29,33)/b19-12-. The summed E-state index contributed by atoms with van der Waals surface area (Å²) in [4.78, 5) is 42.5. The zero-order valence-corrected chi connectivity index (χ0v) is 19.3. The largest absolute Gasteiger partial charge is 0.391 e. The Kier molecular flexibility index (Phi) is 6.83. The Balaban J connectivity index is 1.44. The average molecular weight is 469 g/mol. The second-order valence-corrected chi connectivity index (χ2v) is 8.88. The molecule has 2 aliphatic rings. The number of hydrogen-bond donors (Lipinski definition) is 4. The number of aliphatic hydroxyl groups is 1. The van der Waals surface area contributed by atoms with Gasteiger partial charge in [0.25, 0.3) is 11.8 Å². The van der Waals surface area contributed by atoms with Gasteiger partial charge in [0.15, 0.2) is 0 Å². The SMILES string of the molecule is Cc1[nH]c(/C=C2\C(=O)Nc3ccc(F)cc32)c(C)c1C(=O)NCC(O)CC(=O)N1CCCCC1. The number of nitrogens with one attached hydrogen (secondary N) is 3. The maximum atomic E-state index is 13.7. The summed E-state index contributed by atoms with van der Waals surface area (Å²) >= 11 is 0. The van der Waals surface area contributed by atoms with Crippen LogP contribution in [0.2, 0.25) is 0 Å². The Morgan fingerprint density at radius 3 is 2.71 bits per heavy atom. The van der Waals surface area contributed by atoms with Gasteiger partial charge in [-0.15, -0.1) is 0 Å². The number of fused-ring (bicyclic) bond motifs is 1. The number of benzene rings is 1. The molecule has 0 radical (unpaired) electrons. The number of halogens is 1. The molecule has 1 unspecified atom stereocenters. The molecule has 3 heterocycles. The van der Waals surface area contributed by atoms with E-state index in [4.69, 9.17) is 0 Å². The van der Waals surface area contributed by atoms with Gasteiger partial charge in [0.05, 0.1) is 23.7 Å². The average Bonchev–Trinajstić information content (AvgIpc) is 3.27. The molecule has 180 valence electrons. The molecule has 1 atom stereocenters. The summed E-state index contributed by atoms with van der Waals surface area (Å²) in [6.45, 7) is 4.87. The van der Waals surface area contributed by atoms with E-state index in [0.717, 1.165) is 19.3 Å². The Bertz CT molecular complexity index is 1160. The minimum atomic E-state index is -0.979. The first-order chi connectivity index (χ1) is 16.2. The molecule has 1 saturated heterocycles. The van der Waals surface area contributed by atoms with Crippen LogP contribution in [0.25, 0.3) is 11.6 Å². The molecule has 0 saturated carbocycles. The predicted molar refractivity (Wildman–Crippen MR) is 127 cm³/mol. The normalized spacial score (nSPS) is 17.5. The van der Waals surface area contributed by atoms with Crippen molar-refractivity contribution in [3.8, 4) is 0 Å². The molecule has 0 bridgehead atoms. The third kappa shape index (κ3) is 4.89. The third-order valence-corrected chi connectivity index (χ3v) is 6.37. The Hall–Kier alpha value is -3.46. The molecule has 2 aliphatic heterocycles. The minimum Gasteiger partial charge on any atom is -0.391 e. The van der Waals surface area contributed by atoms with Crippen LogP contribution in [0.3, 0.4) is 0 Å². The fourth-order valence-corrected chi connectivity index (χ4v) is 4.55. The smallest absolute Gasteiger partial charge is 0.256 e. The first-order valence-electron chi connectivity index (χ1n) is 11.5. The van der Waals surface area contributed by atoms with Gasteiger partial charge in [0.2, 0.25) is 5.91 Å². The van der Waals surface area contributed by atoms with Crippen LogP contribution in [-0.2, 0) is 9.59 Å². The number of amides is 3. The van der Waals surface area contributed by atoms with Crippen molar-refractivity contribution in [1.82, 2.24) is 15.2 Å². The van der Waals surface area contributed by atoms with E-state index in [-0.39, 0.29) is 30.7 Å². The van der Waals surface area contributed by atoms with Gasteiger partial charge in [-0.25, -0.2) is 4.39 Å². The second-order valence-electron chi connectivity index (χ2n) is 8.88. The molecule has 8 nitrogen and oxygen atoms in total. The Morgan fingerprint density at radius 1 is 1.24 bits per heavy atom. The van der Waals surface area contributed by atoms with Crippen LogP contribution in [-0.4, -0.2) is 58.5 Å². The molecule has 1 aromatic heterocycles. The lowest BCUT2D eigenvalue weighted by molar-refractivity contribution is -0.134. The van der Waals surface area contributed by atoms with Crippen LogP contribution in [0.4, 0.5) is 10.1 Å². The van der Waals surface area contributed by atoms with E-state index in [1.54, 1.807) is 24.8 Å². The second kappa shape index (κ2) is 9.80. The highest BCUT2D eigenvalue weighted by atomic mass is 19.1. The number of aryl methyl sites for hydroxylation is 1. The molecule has 1 aromatic carbocycles. The number of hydrogen-bond acceptors (Lipinski definition) is 4. The number of carbonyl (C=O) groups is 3. The van der Waals surface area contributed by atoms with Crippen molar-refractivity contribution in [3.63, 3.8) is 0 Å². The number of nitrogens with zero attached hydrogens (tertiary/aromatic N) is 1. The van der Waals surface area contributed by atoms with Crippen molar-refractivity contribution in [1.29, 1.82) is 0 Å². The van der Waals surface area contributed by atoms with Crippen molar-refractivity contribution in [2.45, 2.75) is 45.6 Å². The predicted octanol–water partition coefficient (Wildman–Crippen LogP) is 2.76. The van der Waals surface area contributed by atoms with Crippen molar-refractivity contribution in [2.75, 3.05) is 25.0 Å². The van der Waals surface area contributed by atoms with Gasteiger partial charge in [0, 0.05) is 42.3 Å². The van der Waals surface area contributed by atoms with Crippen molar-refractivity contribution in [2.24, 2.45) is 0 Å². The summed E-state index contributed by atoms with van der Waals surface area (Å²) in [6, 6.07) is 4.09. The summed E-state index contributed by atoms with van der Waals surface area (Å²) in [5.41, 5.74) is 3.48. The summed E-state index contributed by atoms with van der Waals surface area (Å²) in [7, 11) is 0. The van der Waals surface area contributed by atoms with Gasteiger partial charge in [-0.05, 0) is 62.9 Å². The third-order valence-electron chi connectivity index (χ3n) is 6.37. The van der Waals surface area contributed by atoms with Gasteiger partial charge >= 0.3 is 0 Å². The van der Waals surface area contributed by atoms with Crippen LogP contribution in [0.1, 0.15) is 58.6 Å². The first-order valence-corrected chi connectivity index (χ1v) is 11.5. The van der Waals surface area contributed by atoms with Gasteiger partial charge < -0.3 is 25.6 Å². The highest BCUT2D eigenvalue weighted by Gasteiger charge is 2.26. The molecule has 34 heavy (non-hydrogen) atoms. The number of rotatable bonds is 6. The molecule has 0 spiro atoms. The Morgan fingerprint density at radius 2 is 1.97 bits per heavy atom. The van der Waals surface area contributed by atoms with Gasteiger partial charge in [-0.3, -0.25) is 14.4 Å². The van der Waals surface area contributed by atoms with E-state index < -0.39 is 11.9 Å². The summed E-state index contributed by atoms with van der Waals surface area (Å²) < 4.78 is 13.7. The number of aliphatic hydroxyl groups excluding tert-OH is 1. The maximum Gasteiger partial charge on any atom is 0.256 e. The van der Waals surface area contributed by atoms with E-state index in [2.05, 4.69) is 15.6 Å². The van der Waals surface area contributed by atoms with E-state index in [0.29, 0.717) is 52.4 Å².